The number of carbonyl (C=O) groups is 2. The third-order valence-electron chi connectivity index (χ3n) is 2.38. The maximum absolute atomic E-state index is 11.8. The summed E-state index contributed by atoms with van der Waals surface area (Å²) in [5, 5.41) is 14.0. The number of hydrogen-bond donors (Lipinski definition) is 2. The van der Waals surface area contributed by atoms with Gasteiger partial charge >= 0.3 is 0 Å². The normalized spacial score (nSPS) is 10.3. The van der Waals surface area contributed by atoms with Gasteiger partial charge in [0.2, 0.25) is 11.0 Å². The summed E-state index contributed by atoms with van der Waals surface area (Å²) in [5.41, 5.74) is 0.671. The summed E-state index contributed by atoms with van der Waals surface area (Å²) >= 11 is 8.21. The van der Waals surface area contributed by atoms with Crippen LogP contribution in [0.15, 0.2) is 28.6 Å². The molecular formula is C13H13ClN4O3S2. The fraction of sp³-hybridized carbons (Fsp3) is 0.231. The number of amides is 2. The highest BCUT2D eigenvalue weighted by Crippen LogP contribution is 2.25. The van der Waals surface area contributed by atoms with E-state index >= 15 is 0 Å². The Bertz CT molecular complexity index is 678. The number of hydrogen-bond acceptors (Lipinski definition) is 7. The van der Waals surface area contributed by atoms with Crippen LogP contribution in [0.3, 0.4) is 0 Å². The number of rotatable bonds is 7. The first-order valence-electron chi connectivity index (χ1n) is 6.37. The molecule has 7 nitrogen and oxygen atoms in total. The summed E-state index contributed by atoms with van der Waals surface area (Å²) in [6, 6.07) is 6.84. The van der Waals surface area contributed by atoms with Gasteiger partial charge in [0.05, 0.1) is 5.75 Å². The monoisotopic (exact) mass is 372 g/mol. The van der Waals surface area contributed by atoms with Crippen molar-refractivity contribution >= 4 is 57.3 Å². The predicted octanol–water partition coefficient (Wildman–Crippen LogP) is 2.51. The molecule has 0 aliphatic heterocycles. The summed E-state index contributed by atoms with van der Waals surface area (Å²) in [7, 11) is 1.43. The van der Waals surface area contributed by atoms with Gasteiger partial charge in [-0.15, -0.1) is 10.2 Å². The topological polar surface area (TPSA) is 93.2 Å². The minimum atomic E-state index is -0.305. The number of thioether (sulfide) groups is 1. The molecule has 1 aromatic carbocycles. The van der Waals surface area contributed by atoms with Gasteiger partial charge in [-0.05, 0) is 24.3 Å². The zero-order chi connectivity index (χ0) is 16.7. The number of methoxy groups -OCH3 is 1. The molecule has 2 aromatic rings. The molecule has 0 saturated heterocycles. The number of halogens is 1. The maximum atomic E-state index is 11.8. The van der Waals surface area contributed by atoms with E-state index in [1.807, 2.05) is 0 Å². The van der Waals surface area contributed by atoms with Crippen molar-refractivity contribution < 1.29 is 14.3 Å². The first kappa shape index (κ1) is 17.7. The number of nitrogens with one attached hydrogen (secondary N) is 2. The van der Waals surface area contributed by atoms with Gasteiger partial charge in [0.1, 0.15) is 6.61 Å². The van der Waals surface area contributed by atoms with Crippen LogP contribution in [0.1, 0.15) is 0 Å². The van der Waals surface area contributed by atoms with Gasteiger partial charge in [0.15, 0.2) is 4.34 Å². The van der Waals surface area contributed by atoms with Crippen LogP contribution in [-0.2, 0) is 14.3 Å². The fourth-order valence-electron chi connectivity index (χ4n) is 1.46. The van der Waals surface area contributed by atoms with Gasteiger partial charge in [-0.3, -0.25) is 14.9 Å². The van der Waals surface area contributed by atoms with Crippen molar-refractivity contribution in [2.24, 2.45) is 0 Å². The number of nitrogens with zero attached hydrogens (tertiary/aromatic N) is 2. The Labute approximate surface area is 145 Å². The first-order valence-corrected chi connectivity index (χ1v) is 8.55. The SMILES string of the molecule is COCC(=O)Nc1nnc(SCC(=O)Nc2ccc(Cl)cc2)s1. The second-order valence-corrected chi connectivity index (χ2v) is 6.83. The Kier molecular flexibility index (Phi) is 6.78. The van der Waals surface area contributed by atoms with Gasteiger partial charge in [0.25, 0.3) is 5.91 Å². The Morgan fingerprint density at radius 1 is 1.22 bits per heavy atom. The number of benzene rings is 1. The molecule has 10 heteroatoms. The standard InChI is InChI=1S/C13H13ClN4O3S2/c1-21-6-10(19)16-12-17-18-13(23-12)22-7-11(20)15-9-4-2-8(14)3-5-9/h2-5H,6-7H2,1H3,(H,15,20)(H,16,17,19). The smallest absolute Gasteiger partial charge is 0.252 e. The predicted molar refractivity (Wildman–Crippen MR) is 91.2 cm³/mol. The molecule has 23 heavy (non-hydrogen) atoms. The lowest BCUT2D eigenvalue weighted by Crippen LogP contribution is -2.16. The van der Waals surface area contributed by atoms with Crippen molar-refractivity contribution in [1.82, 2.24) is 10.2 Å². The van der Waals surface area contributed by atoms with E-state index in [0.717, 1.165) is 0 Å². The molecule has 0 bridgehead atoms. The third-order valence-corrected chi connectivity index (χ3v) is 4.61. The van der Waals surface area contributed by atoms with Crippen molar-refractivity contribution in [2.75, 3.05) is 30.1 Å². The van der Waals surface area contributed by atoms with Crippen LogP contribution >= 0.6 is 34.7 Å². The van der Waals surface area contributed by atoms with E-state index in [0.29, 0.717) is 20.2 Å². The van der Waals surface area contributed by atoms with Crippen LogP contribution in [0.5, 0.6) is 0 Å². The van der Waals surface area contributed by atoms with Gasteiger partial charge in [0, 0.05) is 17.8 Å². The van der Waals surface area contributed by atoms with Gasteiger partial charge in [-0.1, -0.05) is 34.7 Å². The lowest BCUT2D eigenvalue weighted by atomic mass is 10.3. The van der Waals surface area contributed by atoms with Crippen molar-refractivity contribution in [3.05, 3.63) is 29.3 Å². The second kappa shape index (κ2) is 8.82. The molecular weight excluding hydrogens is 360 g/mol. The largest absolute Gasteiger partial charge is 0.375 e. The minimum absolute atomic E-state index is 0.0500. The zero-order valence-electron chi connectivity index (χ0n) is 12.0. The summed E-state index contributed by atoms with van der Waals surface area (Å²) in [5.74, 6) is -0.290. The molecule has 122 valence electrons. The summed E-state index contributed by atoms with van der Waals surface area (Å²) in [6.07, 6.45) is 0. The Morgan fingerprint density at radius 3 is 2.65 bits per heavy atom. The Balaban J connectivity index is 1.79. The number of carbonyl (C=O) groups excluding carboxylic acids is 2. The molecule has 0 unspecified atom stereocenters. The molecule has 2 N–H and O–H groups in total. The molecule has 2 amide bonds. The fourth-order valence-corrected chi connectivity index (χ4v) is 3.16. The lowest BCUT2D eigenvalue weighted by molar-refractivity contribution is -0.119. The van der Waals surface area contributed by atoms with E-state index in [-0.39, 0.29) is 24.2 Å². The molecule has 2 rings (SSSR count). The van der Waals surface area contributed by atoms with Crippen LogP contribution in [0.2, 0.25) is 5.02 Å². The van der Waals surface area contributed by atoms with Crippen molar-refractivity contribution in [3.8, 4) is 0 Å². The highest BCUT2D eigenvalue weighted by atomic mass is 35.5. The van der Waals surface area contributed by atoms with Gasteiger partial charge in [-0.25, -0.2) is 0 Å². The molecule has 0 radical (unpaired) electrons. The number of ether oxygens (including phenoxy) is 1. The summed E-state index contributed by atoms with van der Waals surface area (Å²) in [6.45, 7) is -0.0500. The molecule has 0 spiro atoms. The van der Waals surface area contributed by atoms with E-state index in [1.165, 1.54) is 30.2 Å². The molecule has 1 aromatic heterocycles. The van der Waals surface area contributed by atoms with E-state index in [1.54, 1.807) is 24.3 Å². The summed E-state index contributed by atoms with van der Waals surface area (Å²) < 4.78 is 5.29. The highest BCUT2D eigenvalue weighted by molar-refractivity contribution is 8.01. The zero-order valence-corrected chi connectivity index (χ0v) is 14.4. The maximum Gasteiger partial charge on any atom is 0.252 e. The number of aromatic nitrogens is 2. The average Bonchev–Trinajstić information content (AvgIpc) is 2.95. The van der Waals surface area contributed by atoms with Crippen LogP contribution in [0, 0.1) is 0 Å². The second-order valence-electron chi connectivity index (χ2n) is 4.20. The first-order chi connectivity index (χ1) is 11.1. The molecule has 1 heterocycles. The lowest BCUT2D eigenvalue weighted by Gasteiger charge is -2.03. The van der Waals surface area contributed by atoms with Crippen LogP contribution in [0.4, 0.5) is 10.8 Å². The van der Waals surface area contributed by atoms with Crippen molar-refractivity contribution in [2.45, 2.75) is 4.34 Å². The van der Waals surface area contributed by atoms with E-state index in [9.17, 15) is 9.59 Å². The Hall–Kier alpha value is -1.68. The van der Waals surface area contributed by atoms with Crippen molar-refractivity contribution in [3.63, 3.8) is 0 Å². The van der Waals surface area contributed by atoms with Crippen molar-refractivity contribution in [1.29, 1.82) is 0 Å². The van der Waals surface area contributed by atoms with Crippen LogP contribution in [-0.4, -0.2) is 41.5 Å². The molecule has 0 atom stereocenters. The van der Waals surface area contributed by atoms with Gasteiger partial charge < -0.3 is 10.1 Å². The van der Waals surface area contributed by atoms with E-state index in [4.69, 9.17) is 16.3 Å². The van der Waals surface area contributed by atoms with Crippen LogP contribution in [0.25, 0.3) is 0 Å². The Morgan fingerprint density at radius 2 is 1.96 bits per heavy atom. The third kappa shape index (κ3) is 6.14. The van der Waals surface area contributed by atoms with Gasteiger partial charge in [-0.2, -0.15) is 0 Å². The number of anilines is 2. The minimum Gasteiger partial charge on any atom is -0.375 e. The van der Waals surface area contributed by atoms with E-state index in [2.05, 4.69) is 20.8 Å². The highest BCUT2D eigenvalue weighted by Gasteiger charge is 2.10. The van der Waals surface area contributed by atoms with E-state index < -0.39 is 0 Å². The summed E-state index contributed by atoms with van der Waals surface area (Å²) in [4.78, 5) is 23.2. The molecule has 0 aliphatic carbocycles. The molecule has 0 fully saturated rings. The average molecular weight is 373 g/mol. The molecule has 0 aliphatic rings. The molecule has 0 saturated carbocycles. The quantitative estimate of drug-likeness (QED) is 0.573. The van der Waals surface area contributed by atoms with Crippen LogP contribution < -0.4 is 10.6 Å².